The van der Waals surface area contributed by atoms with Crippen LogP contribution < -0.4 is 16.2 Å². The minimum Gasteiger partial charge on any atom is -0.506 e. The largest absolute Gasteiger partial charge is 0.506 e. The molecule has 4 heterocycles. The van der Waals surface area contributed by atoms with E-state index in [2.05, 4.69) is 20.5 Å². The van der Waals surface area contributed by atoms with Crippen LogP contribution in [-0.4, -0.2) is 82.4 Å². The third-order valence-electron chi connectivity index (χ3n) is 10.6. The Morgan fingerprint density at radius 1 is 0.889 bits per heavy atom. The van der Waals surface area contributed by atoms with E-state index in [0.717, 1.165) is 68.6 Å². The number of anilines is 1. The number of carbonyl (C=O) groups excluding carboxylic acids is 2. The van der Waals surface area contributed by atoms with Crippen LogP contribution in [0.1, 0.15) is 60.1 Å². The molecule has 2 aromatic heterocycles. The van der Waals surface area contributed by atoms with Crippen molar-refractivity contribution in [2.24, 2.45) is 5.92 Å². The average molecular weight is 734 g/mol. The summed E-state index contributed by atoms with van der Waals surface area (Å²) >= 11 is 0. The molecule has 0 spiro atoms. The van der Waals surface area contributed by atoms with Gasteiger partial charge >= 0.3 is 6.09 Å². The van der Waals surface area contributed by atoms with Gasteiger partial charge in [0.1, 0.15) is 17.6 Å². The number of phenols is 1. The van der Waals surface area contributed by atoms with Gasteiger partial charge in [0.05, 0.1) is 23.9 Å². The number of hydrogen-bond acceptors (Lipinski definition) is 9. The van der Waals surface area contributed by atoms with Gasteiger partial charge < -0.3 is 39.5 Å². The van der Waals surface area contributed by atoms with Gasteiger partial charge in [0.2, 0.25) is 5.56 Å². The van der Waals surface area contributed by atoms with E-state index in [0.29, 0.717) is 48.0 Å². The van der Waals surface area contributed by atoms with Crippen molar-refractivity contribution in [1.82, 2.24) is 20.1 Å². The quantitative estimate of drug-likeness (QED) is 0.0996. The number of ether oxygens (including phenoxy) is 1. The number of aromatic amines is 1. The van der Waals surface area contributed by atoms with Gasteiger partial charge in [0, 0.05) is 49.7 Å². The molecule has 1 unspecified atom stereocenters. The Morgan fingerprint density at radius 2 is 1.65 bits per heavy atom. The first-order valence-corrected chi connectivity index (χ1v) is 18.8. The van der Waals surface area contributed by atoms with Crippen LogP contribution in [0.2, 0.25) is 0 Å². The predicted octanol–water partition coefficient (Wildman–Crippen LogP) is 6.27. The smallest absolute Gasteiger partial charge is 0.411 e. The molecule has 54 heavy (non-hydrogen) atoms. The highest BCUT2D eigenvalue weighted by molar-refractivity contribution is 5.92. The SMILES string of the molecule is O=C(Nc1ccccc1-c1ccccc1)OC1CCN(CCC2CCN(C(=O)c3ccc(CNCC(O)c4ccc(O)c5[nH]c(=O)ccc45)o3)CC2)CC1. The Kier molecular flexibility index (Phi) is 11.7. The molecule has 12 nitrogen and oxygen atoms in total. The zero-order valence-electron chi connectivity index (χ0n) is 30.2. The lowest BCUT2D eigenvalue weighted by molar-refractivity contribution is 0.0542. The molecule has 2 fully saturated rings. The molecule has 0 aliphatic carbocycles. The van der Waals surface area contributed by atoms with Gasteiger partial charge in [-0.2, -0.15) is 0 Å². The number of aromatic hydroxyl groups is 1. The molecule has 2 aliphatic rings. The van der Waals surface area contributed by atoms with Crippen LogP contribution in [0.25, 0.3) is 22.0 Å². The normalized spacial score (nSPS) is 16.4. The van der Waals surface area contributed by atoms with E-state index in [9.17, 15) is 24.6 Å². The number of aliphatic hydroxyl groups excluding tert-OH is 1. The number of benzene rings is 3. The van der Waals surface area contributed by atoms with Gasteiger partial charge in [-0.05, 0) is 86.0 Å². The Morgan fingerprint density at radius 3 is 2.44 bits per heavy atom. The van der Waals surface area contributed by atoms with Crippen LogP contribution in [0.4, 0.5) is 10.5 Å². The minimum absolute atomic E-state index is 0.0619. The van der Waals surface area contributed by atoms with Gasteiger partial charge in [-0.25, -0.2) is 4.79 Å². The number of aromatic nitrogens is 1. The van der Waals surface area contributed by atoms with Crippen molar-refractivity contribution in [1.29, 1.82) is 0 Å². The van der Waals surface area contributed by atoms with Gasteiger partial charge in [0.25, 0.3) is 5.91 Å². The first-order chi connectivity index (χ1) is 26.3. The lowest BCUT2D eigenvalue weighted by Crippen LogP contribution is -2.41. The average Bonchev–Trinajstić information content (AvgIpc) is 3.67. The lowest BCUT2D eigenvalue weighted by Gasteiger charge is -2.35. The zero-order chi connectivity index (χ0) is 37.4. The molecule has 2 saturated heterocycles. The Balaban J connectivity index is 0.792. The number of likely N-dealkylation sites (tertiary alicyclic amines) is 2. The standard InChI is InChI=1S/C42H47N5O7/c48-36-13-11-33(34-12-15-39(50)45-40(34)36)37(49)27-43-26-31-10-14-38(53-31)41(51)47-24-17-28(18-25-47)16-21-46-22-19-30(20-23-46)54-42(52)44-35-9-5-4-8-32(35)29-6-2-1-3-7-29/h1-15,28,30,37,43,48-49H,16-27H2,(H,44,52)(H,45,50). The summed E-state index contributed by atoms with van der Waals surface area (Å²) < 4.78 is 11.7. The number of aliphatic hydroxyl groups is 1. The topological polar surface area (TPSA) is 160 Å². The number of piperidine rings is 2. The van der Waals surface area contributed by atoms with Crippen LogP contribution >= 0.6 is 0 Å². The lowest BCUT2D eigenvalue weighted by atomic mass is 9.93. The van der Waals surface area contributed by atoms with E-state index < -0.39 is 12.2 Å². The van der Waals surface area contributed by atoms with E-state index in [-0.39, 0.29) is 35.4 Å². The van der Waals surface area contributed by atoms with Crippen molar-refractivity contribution in [3.8, 4) is 16.9 Å². The van der Waals surface area contributed by atoms with Crippen molar-refractivity contribution in [2.45, 2.75) is 50.9 Å². The van der Waals surface area contributed by atoms with E-state index in [4.69, 9.17) is 9.15 Å². The maximum Gasteiger partial charge on any atom is 0.411 e. The number of para-hydroxylation sites is 1. The molecule has 0 radical (unpaired) electrons. The molecule has 0 bridgehead atoms. The molecule has 282 valence electrons. The summed E-state index contributed by atoms with van der Waals surface area (Å²) in [6, 6.07) is 27.2. The maximum atomic E-state index is 13.2. The van der Waals surface area contributed by atoms with Crippen molar-refractivity contribution >= 4 is 28.6 Å². The fourth-order valence-electron chi connectivity index (χ4n) is 7.53. The number of carbonyl (C=O) groups is 2. The third-order valence-corrected chi connectivity index (χ3v) is 10.6. The third kappa shape index (κ3) is 9.02. The maximum absolute atomic E-state index is 13.2. The molecule has 2 amide bonds. The van der Waals surface area contributed by atoms with Gasteiger partial charge in [-0.15, -0.1) is 0 Å². The van der Waals surface area contributed by atoms with Gasteiger partial charge in [-0.3, -0.25) is 14.9 Å². The summed E-state index contributed by atoms with van der Waals surface area (Å²) in [6.45, 7) is 4.67. The number of nitrogens with one attached hydrogen (secondary N) is 3. The van der Waals surface area contributed by atoms with Crippen LogP contribution in [0.3, 0.4) is 0 Å². The molecule has 12 heteroatoms. The van der Waals surface area contributed by atoms with E-state index in [1.54, 1.807) is 24.3 Å². The number of fused-ring (bicyclic) bond motifs is 1. The Labute approximate surface area is 313 Å². The second kappa shape index (κ2) is 17.1. The molecule has 0 saturated carbocycles. The molecule has 5 aromatic rings. The fourth-order valence-corrected chi connectivity index (χ4v) is 7.53. The summed E-state index contributed by atoms with van der Waals surface area (Å²) in [5.41, 5.74) is 3.24. The van der Waals surface area contributed by atoms with E-state index >= 15 is 0 Å². The Hall–Kier alpha value is -5.43. The number of rotatable bonds is 12. The first kappa shape index (κ1) is 36.9. The monoisotopic (exact) mass is 733 g/mol. The molecule has 7 rings (SSSR count). The summed E-state index contributed by atoms with van der Waals surface area (Å²) in [7, 11) is 0. The second-order valence-electron chi connectivity index (χ2n) is 14.2. The Bertz CT molecular complexity index is 2100. The van der Waals surface area contributed by atoms with Crippen molar-refractivity contribution < 1.29 is 29.0 Å². The molecule has 2 aliphatic heterocycles. The summed E-state index contributed by atoms with van der Waals surface area (Å²) in [5, 5.41) is 27.6. The van der Waals surface area contributed by atoms with Crippen molar-refractivity contribution in [2.75, 3.05) is 44.6 Å². The van der Waals surface area contributed by atoms with Crippen LogP contribution in [0.15, 0.2) is 100 Å². The molecule has 5 N–H and O–H groups in total. The summed E-state index contributed by atoms with van der Waals surface area (Å²) in [4.78, 5) is 44.7. The number of H-pyrrole nitrogens is 1. The fraction of sp³-hybridized carbons (Fsp3) is 0.357. The van der Waals surface area contributed by atoms with Crippen molar-refractivity contribution in [3.63, 3.8) is 0 Å². The number of hydrogen-bond donors (Lipinski definition) is 5. The summed E-state index contributed by atoms with van der Waals surface area (Å²) in [6.07, 6.45) is 3.16. The van der Waals surface area contributed by atoms with Crippen LogP contribution in [-0.2, 0) is 11.3 Å². The highest BCUT2D eigenvalue weighted by Crippen LogP contribution is 2.30. The van der Waals surface area contributed by atoms with E-state index in [1.165, 1.54) is 12.1 Å². The number of nitrogens with zero attached hydrogens (tertiary/aromatic N) is 2. The minimum atomic E-state index is -0.898. The predicted molar refractivity (Wildman–Crippen MR) is 206 cm³/mol. The molecule has 1 atom stereocenters. The number of amides is 2. The van der Waals surface area contributed by atoms with E-state index in [1.807, 2.05) is 59.5 Å². The van der Waals surface area contributed by atoms with Crippen LogP contribution in [0, 0.1) is 5.92 Å². The second-order valence-corrected chi connectivity index (χ2v) is 14.2. The van der Waals surface area contributed by atoms with Gasteiger partial charge in [-0.1, -0.05) is 54.6 Å². The molecular formula is C42H47N5O7. The number of furan rings is 1. The van der Waals surface area contributed by atoms with Crippen molar-refractivity contribution in [3.05, 3.63) is 118 Å². The van der Waals surface area contributed by atoms with Crippen LogP contribution in [0.5, 0.6) is 5.75 Å². The number of phenolic OH excluding ortho intramolecular Hbond substituents is 1. The zero-order valence-corrected chi connectivity index (χ0v) is 30.2. The number of pyridine rings is 1. The molecule has 3 aromatic carbocycles. The highest BCUT2D eigenvalue weighted by atomic mass is 16.6. The summed E-state index contributed by atoms with van der Waals surface area (Å²) in [5.74, 6) is 1.27. The highest BCUT2D eigenvalue weighted by Gasteiger charge is 2.27. The first-order valence-electron chi connectivity index (χ1n) is 18.8. The van der Waals surface area contributed by atoms with Gasteiger partial charge in [0.15, 0.2) is 5.76 Å². The molecular weight excluding hydrogens is 686 g/mol.